The third-order valence-corrected chi connectivity index (χ3v) is 3.56. The van der Waals surface area contributed by atoms with Crippen LogP contribution in [0.1, 0.15) is 29.7 Å². The van der Waals surface area contributed by atoms with E-state index in [0.29, 0.717) is 6.61 Å². The summed E-state index contributed by atoms with van der Waals surface area (Å²) in [6.45, 7) is 3.58. The Morgan fingerprint density at radius 1 is 1.05 bits per heavy atom. The fourth-order valence-corrected chi connectivity index (χ4v) is 2.32. The van der Waals surface area contributed by atoms with E-state index in [4.69, 9.17) is 9.47 Å². The molecule has 3 nitrogen and oxygen atoms in total. The number of rotatable bonds is 7. The molecule has 2 rings (SSSR count). The Morgan fingerprint density at radius 2 is 1.81 bits per heavy atom. The van der Waals surface area contributed by atoms with Crippen LogP contribution >= 0.6 is 0 Å². The van der Waals surface area contributed by atoms with Crippen LogP contribution in [0.15, 0.2) is 48.5 Å². The van der Waals surface area contributed by atoms with Crippen LogP contribution in [0.25, 0.3) is 0 Å². The topological polar surface area (TPSA) is 30.5 Å². The third kappa shape index (κ3) is 4.31. The van der Waals surface area contributed by atoms with Crippen molar-refractivity contribution in [3.8, 4) is 5.75 Å². The van der Waals surface area contributed by atoms with E-state index in [0.717, 1.165) is 17.9 Å². The predicted molar refractivity (Wildman–Crippen MR) is 85.4 cm³/mol. The van der Waals surface area contributed by atoms with Crippen LogP contribution in [0.2, 0.25) is 0 Å². The van der Waals surface area contributed by atoms with Crippen molar-refractivity contribution in [2.24, 2.45) is 0 Å². The molecule has 0 spiro atoms. The number of nitrogens with one attached hydrogen (secondary N) is 1. The summed E-state index contributed by atoms with van der Waals surface area (Å²) in [5.41, 5.74) is 3.60. The van der Waals surface area contributed by atoms with Crippen molar-refractivity contribution in [1.82, 2.24) is 5.32 Å². The molecule has 3 heteroatoms. The van der Waals surface area contributed by atoms with E-state index < -0.39 is 0 Å². The first-order valence-corrected chi connectivity index (χ1v) is 7.17. The molecule has 0 aliphatic rings. The van der Waals surface area contributed by atoms with Gasteiger partial charge in [0.05, 0.1) is 13.7 Å². The first kappa shape index (κ1) is 15.5. The molecule has 0 aliphatic heterocycles. The first-order chi connectivity index (χ1) is 10.2. The lowest BCUT2D eigenvalue weighted by Crippen LogP contribution is -2.18. The molecule has 0 radical (unpaired) electrons. The molecule has 112 valence electrons. The molecule has 0 saturated heterocycles. The lowest BCUT2D eigenvalue weighted by atomic mass is 10.0. The van der Waals surface area contributed by atoms with Gasteiger partial charge in [-0.3, -0.25) is 0 Å². The smallest absolute Gasteiger partial charge is 0.124 e. The molecule has 0 heterocycles. The van der Waals surface area contributed by atoms with Crippen molar-refractivity contribution in [3.05, 3.63) is 65.2 Å². The highest BCUT2D eigenvalue weighted by atomic mass is 16.5. The number of ether oxygens (including phenoxy) is 2. The average Bonchev–Trinajstić information content (AvgIpc) is 2.54. The van der Waals surface area contributed by atoms with Gasteiger partial charge in [-0.2, -0.15) is 0 Å². The summed E-state index contributed by atoms with van der Waals surface area (Å²) in [6, 6.07) is 16.9. The molecule has 1 atom stereocenters. The predicted octanol–water partition coefficient (Wildman–Crippen LogP) is 3.69. The summed E-state index contributed by atoms with van der Waals surface area (Å²) in [5.74, 6) is 0.871. The maximum absolute atomic E-state index is 5.36. The lowest BCUT2D eigenvalue weighted by Gasteiger charge is -2.17. The van der Waals surface area contributed by atoms with Crippen LogP contribution in [0, 0.1) is 0 Å². The van der Waals surface area contributed by atoms with Crippen molar-refractivity contribution in [2.45, 2.75) is 26.1 Å². The van der Waals surface area contributed by atoms with Crippen LogP contribution < -0.4 is 10.1 Å². The average molecular weight is 285 g/mol. The quantitative estimate of drug-likeness (QED) is 0.841. The highest BCUT2D eigenvalue weighted by molar-refractivity contribution is 5.38. The van der Waals surface area contributed by atoms with Crippen molar-refractivity contribution >= 4 is 0 Å². The second kappa shape index (κ2) is 7.81. The number of hydrogen-bond donors (Lipinski definition) is 1. The minimum Gasteiger partial charge on any atom is -0.496 e. The zero-order valence-electron chi connectivity index (χ0n) is 12.9. The molecular formula is C18H23NO2. The lowest BCUT2D eigenvalue weighted by molar-refractivity contribution is 0.181. The maximum atomic E-state index is 5.36. The van der Waals surface area contributed by atoms with Crippen molar-refractivity contribution in [2.75, 3.05) is 14.2 Å². The van der Waals surface area contributed by atoms with Gasteiger partial charge in [-0.05, 0) is 30.2 Å². The molecule has 2 aromatic rings. The summed E-state index contributed by atoms with van der Waals surface area (Å²) in [7, 11) is 3.38. The van der Waals surface area contributed by atoms with E-state index in [9.17, 15) is 0 Å². The van der Waals surface area contributed by atoms with Gasteiger partial charge in [0.15, 0.2) is 0 Å². The van der Waals surface area contributed by atoms with Gasteiger partial charge in [-0.25, -0.2) is 0 Å². The van der Waals surface area contributed by atoms with Gasteiger partial charge in [0.1, 0.15) is 5.75 Å². The summed E-state index contributed by atoms with van der Waals surface area (Å²) >= 11 is 0. The largest absolute Gasteiger partial charge is 0.496 e. The van der Waals surface area contributed by atoms with Crippen LogP contribution in [0.3, 0.4) is 0 Å². The minimum atomic E-state index is 0.270. The number of methoxy groups -OCH3 is 2. The van der Waals surface area contributed by atoms with E-state index in [1.54, 1.807) is 14.2 Å². The minimum absolute atomic E-state index is 0.270. The Balaban J connectivity index is 2.04. The van der Waals surface area contributed by atoms with Gasteiger partial charge in [0.25, 0.3) is 0 Å². The van der Waals surface area contributed by atoms with Crippen molar-refractivity contribution in [1.29, 1.82) is 0 Å². The number of benzene rings is 2. The van der Waals surface area contributed by atoms with Gasteiger partial charge in [-0.15, -0.1) is 0 Å². The van der Waals surface area contributed by atoms with E-state index in [-0.39, 0.29) is 6.04 Å². The van der Waals surface area contributed by atoms with Gasteiger partial charge < -0.3 is 14.8 Å². The molecule has 21 heavy (non-hydrogen) atoms. The molecule has 0 amide bonds. The normalized spacial score (nSPS) is 12.1. The van der Waals surface area contributed by atoms with Crippen LogP contribution in [0.4, 0.5) is 0 Å². The standard InChI is InChI=1S/C18H23NO2/c1-14(19-12-15-7-5-4-6-8-15)16-9-10-18(21-3)17(11-16)13-20-2/h4-11,14,19H,12-13H2,1-3H3. The highest BCUT2D eigenvalue weighted by Gasteiger charge is 2.09. The number of hydrogen-bond acceptors (Lipinski definition) is 3. The zero-order chi connectivity index (χ0) is 15.1. The molecule has 0 aromatic heterocycles. The third-order valence-electron chi connectivity index (χ3n) is 3.56. The fraction of sp³-hybridized carbons (Fsp3) is 0.333. The Morgan fingerprint density at radius 3 is 2.48 bits per heavy atom. The van der Waals surface area contributed by atoms with E-state index in [2.05, 4.69) is 48.6 Å². The molecule has 0 aliphatic carbocycles. The second-order valence-electron chi connectivity index (χ2n) is 5.09. The Kier molecular flexibility index (Phi) is 5.78. The molecule has 1 N–H and O–H groups in total. The van der Waals surface area contributed by atoms with Crippen molar-refractivity contribution < 1.29 is 9.47 Å². The first-order valence-electron chi connectivity index (χ1n) is 7.17. The summed E-state index contributed by atoms with van der Waals surface area (Å²) < 4.78 is 10.6. The monoisotopic (exact) mass is 285 g/mol. The maximum Gasteiger partial charge on any atom is 0.124 e. The molecule has 0 fully saturated rings. The van der Waals surface area contributed by atoms with Crippen LogP contribution in [-0.2, 0) is 17.9 Å². The summed E-state index contributed by atoms with van der Waals surface area (Å²) in [5, 5.41) is 3.54. The molecule has 1 unspecified atom stereocenters. The molecule has 0 saturated carbocycles. The van der Waals surface area contributed by atoms with E-state index in [1.807, 2.05) is 12.1 Å². The molecular weight excluding hydrogens is 262 g/mol. The Hall–Kier alpha value is -1.84. The fourth-order valence-electron chi connectivity index (χ4n) is 2.32. The second-order valence-corrected chi connectivity index (χ2v) is 5.09. The SMILES string of the molecule is COCc1cc(C(C)NCc2ccccc2)ccc1OC. The van der Waals surface area contributed by atoms with Gasteiger partial charge in [0.2, 0.25) is 0 Å². The van der Waals surface area contributed by atoms with E-state index >= 15 is 0 Å². The molecule has 2 aromatic carbocycles. The van der Waals surface area contributed by atoms with Gasteiger partial charge >= 0.3 is 0 Å². The van der Waals surface area contributed by atoms with Crippen LogP contribution in [-0.4, -0.2) is 14.2 Å². The zero-order valence-corrected chi connectivity index (χ0v) is 12.9. The van der Waals surface area contributed by atoms with Crippen LogP contribution in [0.5, 0.6) is 5.75 Å². The van der Waals surface area contributed by atoms with Gasteiger partial charge in [0, 0.05) is 25.3 Å². The Bertz CT molecular complexity index is 554. The molecule has 0 bridgehead atoms. The van der Waals surface area contributed by atoms with Crippen molar-refractivity contribution in [3.63, 3.8) is 0 Å². The summed E-state index contributed by atoms with van der Waals surface area (Å²) in [4.78, 5) is 0. The van der Waals surface area contributed by atoms with E-state index in [1.165, 1.54) is 11.1 Å². The van der Waals surface area contributed by atoms with Gasteiger partial charge in [-0.1, -0.05) is 36.4 Å². The highest BCUT2D eigenvalue weighted by Crippen LogP contribution is 2.24. The Labute approximate surface area is 126 Å². The summed E-state index contributed by atoms with van der Waals surface area (Å²) in [6.07, 6.45) is 0.